The third kappa shape index (κ3) is 3.52. The molecule has 2 atom stereocenters. The lowest BCUT2D eigenvalue weighted by molar-refractivity contribution is -0.384. The molecule has 2 unspecified atom stereocenters. The van der Waals surface area contributed by atoms with Crippen molar-refractivity contribution in [3.8, 4) is 0 Å². The highest BCUT2D eigenvalue weighted by Crippen LogP contribution is 2.27. The van der Waals surface area contributed by atoms with Crippen LogP contribution < -0.4 is 5.32 Å². The van der Waals surface area contributed by atoms with Crippen LogP contribution in [0.5, 0.6) is 0 Å². The van der Waals surface area contributed by atoms with Crippen LogP contribution in [0.25, 0.3) is 0 Å². The summed E-state index contributed by atoms with van der Waals surface area (Å²) in [7, 11) is -0.939. The highest BCUT2D eigenvalue weighted by atomic mass is 32.2. The molecule has 0 aliphatic rings. The molecule has 0 saturated carbocycles. The Morgan fingerprint density at radius 1 is 1.53 bits per heavy atom. The van der Waals surface area contributed by atoms with Crippen molar-refractivity contribution < 1.29 is 9.13 Å². The van der Waals surface area contributed by atoms with Gasteiger partial charge in [-0.1, -0.05) is 12.1 Å². The zero-order valence-electron chi connectivity index (χ0n) is 10.1. The van der Waals surface area contributed by atoms with Crippen LogP contribution in [0.1, 0.15) is 12.5 Å². The molecule has 0 aliphatic carbocycles. The number of para-hydroxylation sites is 1. The van der Waals surface area contributed by atoms with Crippen LogP contribution in [0.4, 0.5) is 11.4 Å². The molecule has 1 N–H and O–H groups in total. The van der Waals surface area contributed by atoms with Gasteiger partial charge in [-0.15, -0.1) is 0 Å². The number of nitro groups is 1. The maximum atomic E-state index is 11.2. The van der Waals surface area contributed by atoms with Crippen LogP contribution >= 0.6 is 0 Å². The minimum absolute atomic E-state index is 0.0462. The van der Waals surface area contributed by atoms with Crippen LogP contribution in [0.2, 0.25) is 0 Å². The van der Waals surface area contributed by atoms with Gasteiger partial charge in [0.15, 0.2) is 0 Å². The van der Waals surface area contributed by atoms with E-state index in [9.17, 15) is 14.3 Å². The number of nitrogens with zero attached hydrogens (tertiary/aromatic N) is 1. The molecule has 0 heterocycles. The summed E-state index contributed by atoms with van der Waals surface area (Å²) in [6.45, 7) is 3.99. The molecule has 1 aromatic rings. The molecule has 1 rings (SSSR count). The maximum absolute atomic E-state index is 11.2. The number of rotatable bonds is 5. The predicted molar refractivity (Wildman–Crippen MR) is 69.9 cm³/mol. The molecule has 6 heteroatoms. The van der Waals surface area contributed by atoms with Crippen molar-refractivity contribution in [2.45, 2.75) is 19.1 Å². The highest BCUT2D eigenvalue weighted by molar-refractivity contribution is 7.84. The Hall–Kier alpha value is -1.43. The highest BCUT2D eigenvalue weighted by Gasteiger charge is 2.17. The van der Waals surface area contributed by atoms with Gasteiger partial charge in [-0.25, -0.2) is 0 Å². The molecule has 94 valence electrons. The first-order valence-corrected chi connectivity index (χ1v) is 6.85. The smallest absolute Gasteiger partial charge is 0.295 e. The molecule has 0 bridgehead atoms. The monoisotopic (exact) mass is 256 g/mol. The lowest BCUT2D eigenvalue weighted by Gasteiger charge is -2.12. The molecule has 5 nitrogen and oxygen atoms in total. The van der Waals surface area contributed by atoms with Crippen molar-refractivity contribution in [2.75, 3.05) is 18.1 Å². The predicted octanol–water partition coefficient (Wildman–Crippen LogP) is 2.08. The summed E-state index contributed by atoms with van der Waals surface area (Å²) in [4.78, 5) is 10.5. The Morgan fingerprint density at radius 3 is 2.71 bits per heavy atom. The van der Waals surface area contributed by atoms with Gasteiger partial charge in [-0.3, -0.25) is 14.3 Å². The minimum Gasteiger partial charge on any atom is -0.378 e. The van der Waals surface area contributed by atoms with Crippen molar-refractivity contribution in [1.29, 1.82) is 0 Å². The fourth-order valence-corrected chi connectivity index (χ4v) is 1.73. The van der Waals surface area contributed by atoms with E-state index in [1.807, 2.05) is 6.92 Å². The Balaban J connectivity index is 2.88. The van der Waals surface area contributed by atoms with E-state index < -0.39 is 15.7 Å². The van der Waals surface area contributed by atoms with E-state index in [0.29, 0.717) is 17.8 Å². The molecule has 0 radical (unpaired) electrons. The molecule has 0 aliphatic heterocycles. The number of nitro benzene ring substituents is 1. The van der Waals surface area contributed by atoms with Crippen molar-refractivity contribution in [3.05, 3.63) is 33.9 Å². The van der Waals surface area contributed by atoms with Crippen molar-refractivity contribution in [1.82, 2.24) is 0 Å². The average Bonchev–Trinajstić information content (AvgIpc) is 2.24. The fraction of sp³-hybridized carbons (Fsp3) is 0.455. The third-order valence-electron chi connectivity index (χ3n) is 2.57. The topological polar surface area (TPSA) is 72.2 Å². The third-order valence-corrected chi connectivity index (χ3v) is 3.87. The summed E-state index contributed by atoms with van der Waals surface area (Å²) in [6.07, 6.45) is 1.62. The number of aryl methyl sites for hydroxylation is 1. The number of anilines is 1. The van der Waals surface area contributed by atoms with Crippen molar-refractivity contribution >= 4 is 22.2 Å². The zero-order chi connectivity index (χ0) is 13.0. The first-order chi connectivity index (χ1) is 7.93. The first kappa shape index (κ1) is 13.6. The van der Waals surface area contributed by atoms with E-state index in [4.69, 9.17) is 0 Å². The Bertz CT molecular complexity index is 448. The van der Waals surface area contributed by atoms with E-state index in [1.165, 1.54) is 0 Å². The van der Waals surface area contributed by atoms with Crippen molar-refractivity contribution in [2.24, 2.45) is 0 Å². The lowest BCUT2D eigenvalue weighted by Crippen LogP contribution is -2.21. The lowest BCUT2D eigenvalue weighted by atomic mass is 10.1. The Morgan fingerprint density at radius 2 is 2.18 bits per heavy atom. The van der Waals surface area contributed by atoms with Gasteiger partial charge in [0.2, 0.25) is 0 Å². The van der Waals surface area contributed by atoms with Gasteiger partial charge in [0, 0.05) is 34.4 Å². The number of nitrogens with one attached hydrogen (secondary N) is 1. The second-order valence-corrected chi connectivity index (χ2v) is 5.72. The summed E-state index contributed by atoms with van der Waals surface area (Å²) in [5.74, 6) is 0. The van der Waals surface area contributed by atoms with Gasteiger partial charge < -0.3 is 5.32 Å². The quantitative estimate of drug-likeness (QED) is 0.646. The van der Waals surface area contributed by atoms with Crippen LogP contribution in [0, 0.1) is 17.0 Å². The average molecular weight is 256 g/mol. The summed E-state index contributed by atoms with van der Waals surface area (Å²) in [5, 5.41) is 13.9. The van der Waals surface area contributed by atoms with Crippen molar-refractivity contribution in [3.63, 3.8) is 0 Å². The second-order valence-electron chi connectivity index (χ2n) is 3.92. The maximum Gasteiger partial charge on any atom is 0.295 e. The summed E-state index contributed by atoms with van der Waals surface area (Å²) in [6, 6.07) is 5.12. The van der Waals surface area contributed by atoms with E-state index in [-0.39, 0.29) is 10.9 Å². The summed E-state index contributed by atoms with van der Waals surface area (Å²) >= 11 is 0. The first-order valence-electron chi connectivity index (χ1n) is 5.23. The van der Waals surface area contributed by atoms with Crippen LogP contribution in [0.3, 0.4) is 0 Å². The van der Waals surface area contributed by atoms with Gasteiger partial charge in [-0.05, 0) is 19.9 Å². The number of hydrogen-bond acceptors (Lipinski definition) is 4. The molecular weight excluding hydrogens is 240 g/mol. The van der Waals surface area contributed by atoms with E-state index in [2.05, 4.69) is 5.32 Å². The standard InChI is InChI=1S/C11H16N2O3S/c1-8-5-4-6-10(11(8)13(14)15)12-7-9(2)17(3)16/h4-6,9,12H,7H2,1-3H3. The molecule has 17 heavy (non-hydrogen) atoms. The molecule has 0 spiro atoms. The van der Waals surface area contributed by atoms with Gasteiger partial charge in [-0.2, -0.15) is 0 Å². The van der Waals surface area contributed by atoms with Crippen LogP contribution in [0.15, 0.2) is 18.2 Å². The second kappa shape index (κ2) is 5.77. The molecule has 0 amide bonds. The van der Waals surface area contributed by atoms with E-state index >= 15 is 0 Å². The molecular formula is C11H16N2O3S. The van der Waals surface area contributed by atoms with Gasteiger partial charge in [0.05, 0.1) is 4.92 Å². The molecule has 0 fully saturated rings. The minimum atomic E-state index is -0.939. The zero-order valence-corrected chi connectivity index (χ0v) is 10.9. The van der Waals surface area contributed by atoms with Gasteiger partial charge >= 0.3 is 0 Å². The van der Waals surface area contributed by atoms with E-state index in [1.54, 1.807) is 31.4 Å². The SMILES string of the molecule is Cc1cccc(NCC(C)S(C)=O)c1[N+](=O)[O-]. The fourth-order valence-electron chi connectivity index (χ4n) is 1.41. The Labute approximate surface area is 103 Å². The number of hydrogen-bond donors (Lipinski definition) is 1. The normalized spacial score (nSPS) is 14.1. The molecule has 0 saturated heterocycles. The van der Waals surface area contributed by atoms with E-state index in [0.717, 1.165) is 0 Å². The molecule has 0 aromatic heterocycles. The van der Waals surface area contributed by atoms with Gasteiger partial charge in [0.25, 0.3) is 5.69 Å². The number of benzene rings is 1. The Kier molecular flexibility index (Phi) is 4.62. The van der Waals surface area contributed by atoms with Crippen LogP contribution in [-0.4, -0.2) is 27.2 Å². The summed E-state index contributed by atoms with van der Waals surface area (Å²) < 4.78 is 11.2. The molecule has 1 aromatic carbocycles. The largest absolute Gasteiger partial charge is 0.378 e. The van der Waals surface area contributed by atoms with Gasteiger partial charge in [0.1, 0.15) is 5.69 Å². The van der Waals surface area contributed by atoms with Crippen LogP contribution in [-0.2, 0) is 10.8 Å². The summed E-state index contributed by atoms with van der Waals surface area (Å²) in [5.41, 5.74) is 1.18.